The third-order valence-corrected chi connectivity index (χ3v) is 4.56. The Kier molecular flexibility index (Phi) is 5.48. The van der Waals surface area contributed by atoms with Crippen molar-refractivity contribution in [2.45, 2.75) is 6.42 Å². The Hall–Kier alpha value is -2.93. The van der Waals surface area contributed by atoms with E-state index in [9.17, 15) is 9.18 Å². The second kappa shape index (κ2) is 7.97. The van der Waals surface area contributed by atoms with Crippen LogP contribution in [0.3, 0.4) is 0 Å². The second-order valence-electron chi connectivity index (χ2n) is 5.48. The van der Waals surface area contributed by atoms with E-state index in [-0.39, 0.29) is 18.1 Å². The van der Waals surface area contributed by atoms with Crippen molar-refractivity contribution < 1.29 is 18.7 Å². The predicted octanol–water partition coefficient (Wildman–Crippen LogP) is 4.15. The molecule has 0 aliphatic rings. The van der Waals surface area contributed by atoms with Gasteiger partial charge in [-0.05, 0) is 24.3 Å². The highest BCUT2D eigenvalue weighted by Gasteiger charge is 2.11. The average Bonchev–Trinajstić information content (AvgIpc) is 3.10. The number of halogens is 1. The Balaban J connectivity index is 1.68. The largest absolute Gasteiger partial charge is 0.497 e. The molecule has 0 unspecified atom stereocenters. The standard InChI is InChI=1S/C19H17FN2O3S/c1-24-16-7-14(8-17(10-16)25-2)21-18(23)9-15-11-26-19(22-15)12-3-5-13(20)6-4-12/h3-8,10-11H,9H2,1-2H3,(H,21,23). The molecule has 26 heavy (non-hydrogen) atoms. The fourth-order valence-electron chi connectivity index (χ4n) is 2.36. The zero-order valence-electron chi connectivity index (χ0n) is 14.3. The summed E-state index contributed by atoms with van der Waals surface area (Å²) >= 11 is 1.42. The summed E-state index contributed by atoms with van der Waals surface area (Å²) in [7, 11) is 3.10. The molecule has 0 spiro atoms. The lowest BCUT2D eigenvalue weighted by Crippen LogP contribution is -2.14. The van der Waals surface area contributed by atoms with Crippen molar-refractivity contribution in [2.24, 2.45) is 0 Å². The third kappa shape index (κ3) is 4.37. The van der Waals surface area contributed by atoms with Gasteiger partial charge in [0.1, 0.15) is 22.3 Å². The van der Waals surface area contributed by atoms with Gasteiger partial charge in [0.05, 0.1) is 26.3 Å². The molecular formula is C19H17FN2O3S. The molecule has 0 saturated carbocycles. The van der Waals surface area contributed by atoms with Crippen molar-refractivity contribution in [3.05, 3.63) is 59.4 Å². The lowest BCUT2D eigenvalue weighted by atomic mass is 10.2. The van der Waals surface area contributed by atoms with Gasteiger partial charge >= 0.3 is 0 Å². The molecule has 1 aromatic heterocycles. The van der Waals surface area contributed by atoms with Crippen LogP contribution in [-0.2, 0) is 11.2 Å². The van der Waals surface area contributed by atoms with Gasteiger partial charge in [0.15, 0.2) is 0 Å². The van der Waals surface area contributed by atoms with Crippen LogP contribution in [0, 0.1) is 5.82 Å². The van der Waals surface area contributed by atoms with Crippen LogP contribution >= 0.6 is 11.3 Å². The molecule has 0 fully saturated rings. The first-order valence-corrected chi connectivity index (χ1v) is 8.68. The van der Waals surface area contributed by atoms with Crippen molar-refractivity contribution in [1.29, 1.82) is 0 Å². The molecule has 0 bridgehead atoms. The Morgan fingerprint density at radius 3 is 2.38 bits per heavy atom. The molecular weight excluding hydrogens is 355 g/mol. The monoisotopic (exact) mass is 372 g/mol. The van der Waals surface area contributed by atoms with Gasteiger partial charge in [-0.15, -0.1) is 11.3 Å². The van der Waals surface area contributed by atoms with Gasteiger partial charge in [-0.25, -0.2) is 9.37 Å². The molecule has 2 aromatic carbocycles. The lowest BCUT2D eigenvalue weighted by Gasteiger charge is -2.09. The van der Waals surface area contributed by atoms with Crippen molar-refractivity contribution in [3.8, 4) is 22.1 Å². The lowest BCUT2D eigenvalue weighted by molar-refractivity contribution is -0.115. The third-order valence-electron chi connectivity index (χ3n) is 3.62. The van der Waals surface area contributed by atoms with E-state index in [1.165, 1.54) is 23.5 Å². The van der Waals surface area contributed by atoms with Gasteiger partial charge in [0.25, 0.3) is 0 Å². The number of aromatic nitrogens is 1. The number of carbonyl (C=O) groups is 1. The van der Waals surface area contributed by atoms with Crippen LogP contribution < -0.4 is 14.8 Å². The zero-order chi connectivity index (χ0) is 18.5. The maximum Gasteiger partial charge on any atom is 0.230 e. The smallest absolute Gasteiger partial charge is 0.230 e. The molecule has 1 N–H and O–H groups in total. The fraction of sp³-hybridized carbons (Fsp3) is 0.158. The number of amides is 1. The van der Waals surface area contributed by atoms with E-state index in [1.54, 1.807) is 44.6 Å². The van der Waals surface area contributed by atoms with Gasteiger partial charge in [-0.1, -0.05) is 0 Å². The number of nitrogens with one attached hydrogen (secondary N) is 1. The summed E-state index contributed by atoms with van der Waals surface area (Å²) in [5, 5.41) is 5.38. The molecule has 3 aromatic rings. The number of methoxy groups -OCH3 is 2. The van der Waals surface area contributed by atoms with Crippen LogP contribution in [-0.4, -0.2) is 25.1 Å². The van der Waals surface area contributed by atoms with Crippen molar-refractivity contribution in [2.75, 3.05) is 19.5 Å². The number of thiazole rings is 1. The van der Waals surface area contributed by atoms with Crippen LogP contribution in [0.1, 0.15) is 5.69 Å². The normalized spacial score (nSPS) is 10.4. The molecule has 1 heterocycles. The summed E-state index contributed by atoms with van der Waals surface area (Å²) in [6.07, 6.45) is 0.136. The number of rotatable bonds is 6. The topological polar surface area (TPSA) is 60.5 Å². The summed E-state index contributed by atoms with van der Waals surface area (Å²) in [5.41, 5.74) is 2.06. The first kappa shape index (κ1) is 17.9. The molecule has 1 amide bonds. The number of anilines is 1. The zero-order valence-corrected chi connectivity index (χ0v) is 15.1. The summed E-state index contributed by atoms with van der Waals surface area (Å²) in [6.45, 7) is 0. The van der Waals surface area contributed by atoms with E-state index in [0.717, 1.165) is 10.6 Å². The van der Waals surface area contributed by atoms with Gasteiger partial charge < -0.3 is 14.8 Å². The molecule has 0 aliphatic heterocycles. The molecule has 3 rings (SSSR count). The van der Waals surface area contributed by atoms with E-state index in [4.69, 9.17) is 9.47 Å². The Bertz CT molecular complexity index is 887. The van der Waals surface area contributed by atoms with Gasteiger partial charge in [0.2, 0.25) is 5.91 Å². The Morgan fingerprint density at radius 2 is 1.77 bits per heavy atom. The number of hydrogen-bond acceptors (Lipinski definition) is 5. The molecule has 0 saturated heterocycles. The highest BCUT2D eigenvalue weighted by atomic mass is 32.1. The summed E-state index contributed by atoms with van der Waals surface area (Å²) in [6, 6.07) is 11.3. The minimum absolute atomic E-state index is 0.136. The highest BCUT2D eigenvalue weighted by Crippen LogP contribution is 2.27. The molecule has 5 nitrogen and oxygen atoms in total. The van der Waals surface area contributed by atoms with Gasteiger partial charge in [-0.2, -0.15) is 0 Å². The molecule has 0 atom stereocenters. The van der Waals surface area contributed by atoms with Crippen LogP contribution in [0.2, 0.25) is 0 Å². The van der Waals surface area contributed by atoms with Crippen molar-refractivity contribution >= 4 is 22.9 Å². The molecule has 134 valence electrons. The van der Waals surface area contributed by atoms with E-state index in [2.05, 4.69) is 10.3 Å². The van der Waals surface area contributed by atoms with E-state index < -0.39 is 0 Å². The number of carbonyl (C=O) groups excluding carboxylic acids is 1. The molecule has 0 aliphatic carbocycles. The first-order chi connectivity index (χ1) is 12.6. The summed E-state index contributed by atoms with van der Waals surface area (Å²) < 4.78 is 23.4. The number of benzene rings is 2. The van der Waals surface area contributed by atoms with Gasteiger partial charge in [-0.3, -0.25) is 4.79 Å². The minimum atomic E-state index is -0.293. The maximum atomic E-state index is 13.0. The van der Waals surface area contributed by atoms with Crippen LogP contribution in [0.25, 0.3) is 10.6 Å². The van der Waals surface area contributed by atoms with E-state index in [1.807, 2.05) is 5.38 Å². The Labute approximate surface area is 154 Å². The van der Waals surface area contributed by atoms with E-state index in [0.29, 0.717) is 22.9 Å². The van der Waals surface area contributed by atoms with E-state index >= 15 is 0 Å². The minimum Gasteiger partial charge on any atom is -0.497 e. The van der Waals surface area contributed by atoms with Crippen LogP contribution in [0.5, 0.6) is 11.5 Å². The van der Waals surface area contributed by atoms with Gasteiger partial charge in [0, 0.05) is 34.8 Å². The summed E-state index contributed by atoms with van der Waals surface area (Å²) in [4.78, 5) is 16.7. The summed E-state index contributed by atoms with van der Waals surface area (Å²) in [5.74, 6) is 0.689. The van der Waals surface area contributed by atoms with Crippen molar-refractivity contribution in [1.82, 2.24) is 4.98 Å². The Morgan fingerprint density at radius 1 is 1.12 bits per heavy atom. The predicted molar refractivity (Wildman–Crippen MR) is 99.4 cm³/mol. The number of hydrogen-bond donors (Lipinski definition) is 1. The highest BCUT2D eigenvalue weighted by molar-refractivity contribution is 7.13. The first-order valence-electron chi connectivity index (χ1n) is 7.80. The SMILES string of the molecule is COc1cc(NC(=O)Cc2csc(-c3ccc(F)cc3)n2)cc(OC)c1. The second-order valence-corrected chi connectivity index (χ2v) is 6.34. The van der Waals surface area contributed by atoms with Crippen LogP contribution in [0.4, 0.5) is 10.1 Å². The number of ether oxygens (including phenoxy) is 2. The molecule has 7 heteroatoms. The quantitative estimate of drug-likeness (QED) is 0.706. The molecule has 0 radical (unpaired) electrons. The average molecular weight is 372 g/mol. The van der Waals surface area contributed by atoms with Crippen LogP contribution in [0.15, 0.2) is 47.8 Å². The van der Waals surface area contributed by atoms with Crippen molar-refractivity contribution in [3.63, 3.8) is 0 Å². The number of nitrogens with zero attached hydrogens (tertiary/aromatic N) is 1. The maximum absolute atomic E-state index is 13.0. The fourth-order valence-corrected chi connectivity index (χ4v) is 3.19.